The van der Waals surface area contributed by atoms with Gasteiger partial charge in [0, 0.05) is 5.02 Å². The number of hydrogen-bond donors (Lipinski definition) is 0. The van der Waals surface area contributed by atoms with Gasteiger partial charge in [-0.3, -0.25) is 0 Å². The maximum absolute atomic E-state index is 6.02. The van der Waals surface area contributed by atoms with E-state index in [1.165, 1.54) is 11.1 Å². The summed E-state index contributed by atoms with van der Waals surface area (Å²) < 4.78 is 6.02. The van der Waals surface area contributed by atoms with Crippen molar-refractivity contribution in [2.75, 3.05) is 0 Å². The smallest absolute Gasteiger partial charge is 0.195 e. The van der Waals surface area contributed by atoms with Gasteiger partial charge in [0.25, 0.3) is 0 Å². The second kappa shape index (κ2) is 6.60. The van der Waals surface area contributed by atoms with Crippen LogP contribution in [0.1, 0.15) is 0 Å². The van der Waals surface area contributed by atoms with Crippen LogP contribution in [0.4, 0.5) is 0 Å². The first-order chi connectivity index (χ1) is 11.8. The minimum Gasteiger partial charge on any atom is -0.195 e. The van der Waals surface area contributed by atoms with E-state index in [1.54, 1.807) is 11.3 Å². The van der Waals surface area contributed by atoms with Crippen molar-refractivity contribution in [3.05, 3.63) is 89.3 Å². The van der Waals surface area contributed by atoms with E-state index in [1.807, 2.05) is 35.7 Å². The van der Waals surface area contributed by atoms with Gasteiger partial charge < -0.3 is 0 Å². The highest BCUT2D eigenvalue weighted by atomic mass is 35.5. The fraction of sp³-hybridized carbons (Fsp3) is 0. The van der Waals surface area contributed by atoms with Crippen molar-refractivity contribution in [1.29, 1.82) is 0 Å². The first kappa shape index (κ1) is 15.1. The predicted octanol–water partition coefficient (Wildman–Crippen LogP) is 7.28. The van der Waals surface area contributed by atoms with Gasteiger partial charge in [0.15, 0.2) is 0 Å². The number of halogens is 1. The standard InChI is InChI=1S/C21H14ClOS/c22-19-12-10-18(11-13-19)21-23-20(14-24-21)17-8-6-16(7-9-17)15-4-2-1-3-5-15/h1-14H/q+1. The Morgan fingerprint density at radius 2 is 1.21 bits per heavy atom. The van der Waals surface area contributed by atoms with Crippen molar-refractivity contribution >= 4 is 22.9 Å². The highest BCUT2D eigenvalue weighted by Crippen LogP contribution is 2.33. The Hall–Kier alpha value is -2.42. The Morgan fingerprint density at radius 3 is 1.92 bits per heavy atom. The normalized spacial score (nSPS) is 10.7. The van der Waals surface area contributed by atoms with Crippen LogP contribution in [0.2, 0.25) is 5.02 Å². The largest absolute Gasteiger partial charge is 0.417 e. The van der Waals surface area contributed by atoms with Gasteiger partial charge in [-0.25, -0.2) is 0 Å². The summed E-state index contributed by atoms with van der Waals surface area (Å²) in [7, 11) is 0. The number of benzene rings is 3. The molecule has 0 aliphatic heterocycles. The number of hydrogen-bond acceptors (Lipinski definition) is 1. The van der Waals surface area contributed by atoms with Crippen LogP contribution in [0.15, 0.2) is 88.7 Å². The zero-order valence-corrected chi connectivity index (χ0v) is 14.3. The Labute approximate surface area is 149 Å². The van der Waals surface area contributed by atoms with Crippen LogP contribution < -0.4 is 0 Å². The lowest BCUT2D eigenvalue weighted by Gasteiger charge is -2.00. The second-order valence-electron chi connectivity index (χ2n) is 5.44. The third-order valence-corrected chi connectivity index (χ3v) is 4.95. The molecule has 24 heavy (non-hydrogen) atoms. The maximum atomic E-state index is 6.02. The molecule has 0 radical (unpaired) electrons. The van der Waals surface area contributed by atoms with Crippen molar-refractivity contribution in [2.45, 2.75) is 0 Å². The van der Waals surface area contributed by atoms with Crippen LogP contribution in [-0.4, -0.2) is 0 Å². The minimum absolute atomic E-state index is 0.729. The highest BCUT2D eigenvalue weighted by molar-refractivity contribution is 7.13. The van der Waals surface area contributed by atoms with Crippen LogP contribution in [-0.2, 0) is 0 Å². The first-order valence-corrected chi connectivity index (χ1v) is 8.89. The zero-order valence-electron chi connectivity index (χ0n) is 12.8. The zero-order chi connectivity index (χ0) is 16.4. The van der Waals surface area contributed by atoms with E-state index in [0.29, 0.717) is 0 Å². The third-order valence-electron chi connectivity index (χ3n) is 3.83. The van der Waals surface area contributed by atoms with Crippen molar-refractivity contribution in [3.63, 3.8) is 0 Å². The van der Waals surface area contributed by atoms with Gasteiger partial charge in [-0.2, -0.15) is 4.42 Å². The SMILES string of the molecule is Clc1ccc(-c2[o+]c(-c3ccc(-c4ccccc4)cc3)cs2)cc1. The molecule has 3 heteroatoms. The van der Waals surface area contributed by atoms with Crippen molar-refractivity contribution in [1.82, 2.24) is 0 Å². The van der Waals surface area contributed by atoms with Gasteiger partial charge in [-0.1, -0.05) is 54.1 Å². The predicted molar refractivity (Wildman–Crippen MR) is 102 cm³/mol. The first-order valence-electron chi connectivity index (χ1n) is 7.63. The fourth-order valence-corrected chi connectivity index (χ4v) is 3.49. The van der Waals surface area contributed by atoms with Gasteiger partial charge >= 0.3 is 10.8 Å². The van der Waals surface area contributed by atoms with Gasteiger partial charge in [-0.05, 0) is 58.9 Å². The molecule has 1 aromatic heterocycles. The lowest BCUT2D eigenvalue weighted by atomic mass is 10.0. The van der Waals surface area contributed by atoms with Gasteiger partial charge in [-0.15, -0.1) is 0 Å². The summed E-state index contributed by atoms with van der Waals surface area (Å²) in [5, 5.41) is 3.66. The van der Waals surface area contributed by atoms with Crippen molar-refractivity contribution < 1.29 is 4.42 Å². The van der Waals surface area contributed by atoms with E-state index < -0.39 is 0 Å². The third kappa shape index (κ3) is 3.12. The average Bonchev–Trinajstić information content (AvgIpc) is 3.13. The molecule has 0 bridgehead atoms. The minimum atomic E-state index is 0.729. The summed E-state index contributed by atoms with van der Waals surface area (Å²) in [4.78, 5) is 0. The Bertz CT molecular complexity index is 941. The highest BCUT2D eigenvalue weighted by Gasteiger charge is 2.20. The summed E-state index contributed by atoms with van der Waals surface area (Å²) in [6, 6.07) is 26.5. The summed E-state index contributed by atoms with van der Waals surface area (Å²) in [6.45, 7) is 0. The molecule has 4 rings (SSSR count). The molecule has 1 heterocycles. The Balaban J connectivity index is 1.62. The van der Waals surface area contributed by atoms with Gasteiger partial charge in [0.1, 0.15) is 5.38 Å². The van der Waals surface area contributed by atoms with Crippen LogP contribution in [0, 0.1) is 0 Å². The molecule has 116 valence electrons. The van der Waals surface area contributed by atoms with E-state index in [2.05, 4.69) is 48.5 Å². The lowest BCUT2D eigenvalue weighted by Crippen LogP contribution is -1.78. The topological polar surface area (TPSA) is 11.3 Å². The second-order valence-corrected chi connectivity index (χ2v) is 6.72. The molecule has 0 saturated carbocycles. The lowest BCUT2D eigenvalue weighted by molar-refractivity contribution is 0.602. The molecule has 1 nitrogen and oxygen atoms in total. The fourth-order valence-electron chi connectivity index (χ4n) is 2.55. The molecular weight excluding hydrogens is 336 g/mol. The van der Waals surface area contributed by atoms with Crippen LogP contribution >= 0.6 is 22.9 Å². The summed E-state index contributed by atoms with van der Waals surface area (Å²) >= 11 is 7.53. The summed E-state index contributed by atoms with van der Waals surface area (Å²) in [5.41, 5.74) is 4.53. The quantitative estimate of drug-likeness (QED) is 0.354. The molecule has 0 aliphatic carbocycles. The molecular formula is C21H14ClOS+. The van der Waals surface area contributed by atoms with Crippen LogP contribution in [0.3, 0.4) is 0 Å². The Morgan fingerprint density at radius 1 is 0.625 bits per heavy atom. The molecule has 0 saturated heterocycles. The molecule has 0 fully saturated rings. The molecule has 4 aromatic rings. The van der Waals surface area contributed by atoms with Crippen molar-refractivity contribution in [2.24, 2.45) is 0 Å². The van der Waals surface area contributed by atoms with Crippen molar-refractivity contribution in [3.8, 4) is 33.1 Å². The van der Waals surface area contributed by atoms with Gasteiger partial charge in [0.2, 0.25) is 0 Å². The molecule has 0 amide bonds. The van der Waals surface area contributed by atoms with E-state index >= 15 is 0 Å². The molecule has 3 aromatic carbocycles. The van der Waals surface area contributed by atoms with Crippen LogP contribution in [0.25, 0.3) is 33.1 Å². The summed E-state index contributed by atoms with van der Waals surface area (Å²) in [6.07, 6.45) is 0. The van der Waals surface area contributed by atoms with E-state index in [9.17, 15) is 0 Å². The molecule has 0 spiro atoms. The van der Waals surface area contributed by atoms with E-state index in [4.69, 9.17) is 16.0 Å². The van der Waals surface area contributed by atoms with E-state index in [-0.39, 0.29) is 0 Å². The Kier molecular flexibility index (Phi) is 4.16. The summed E-state index contributed by atoms with van der Waals surface area (Å²) in [5.74, 6) is 0.879. The molecule has 0 N–H and O–H groups in total. The monoisotopic (exact) mass is 349 g/mol. The molecule has 0 atom stereocenters. The molecule has 0 aliphatic rings. The average molecular weight is 350 g/mol. The maximum Gasteiger partial charge on any atom is 0.417 e. The number of rotatable bonds is 3. The van der Waals surface area contributed by atoms with Gasteiger partial charge in [0.05, 0.1) is 11.1 Å². The molecule has 0 unspecified atom stereocenters. The van der Waals surface area contributed by atoms with Crippen LogP contribution in [0.5, 0.6) is 0 Å². The van der Waals surface area contributed by atoms with E-state index in [0.717, 1.165) is 27.0 Å².